The Kier molecular flexibility index (Phi) is 3.77. The fraction of sp³-hybridized carbons (Fsp3) is 0.333. The van der Waals surface area contributed by atoms with Gasteiger partial charge in [-0.2, -0.15) is 0 Å². The predicted octanol–water partition coefficient (Wildman–Crippen LogP) is 4.92. The minimum Gasteiger partial charge on any atom is -0.381 e. The van der Waals surface area contributed by atoms with E-state index in [2.05, 4.69) is 28.8 Å². The number of rotatable bonds is 1. The van der Waals surface area contributed by atoms with E-state index in [4.69, 9.17) is 23.2 Å². The lowest BCUT2D eigenvalue weighted by Gasteiger charge is -2.18. The molecule has 2 heterocycles. The van der Waals surface area contributed by atoms with Crippen molar-refractivity contribution in [2.45, 2.75) is 24.8 Å². The third-order valence-electron chi connectivity index (χ3n) is 4.79. The van der Waals surface area contributed by atoms with Gasteiger partial charge in [0.15, 0.2) is 0 Å². The maximum atomic E-state index is 6.45. The van der Waals surface area contributed by atoms with Gasteiger partial charge in [-0.3, -0.25) is 0 Å². The van der Waals surface area contributed by atoms with E-state index in [-0.39, 0.29) is 0 Å². The highest BCUT2D eigenvalue weighted by atomic mass is 35.5. The van der Waals surface area contributed by atoms with Crippen LogP contribution < -0.4 is 10.6 Å². The summed E-state index contributed by atoms with van der Waals surface area (Å²) in [7, 11) is 0. The number of hydrogen-bond acceptors (Lipinski definition) is 2. The quantitative estimate of drug-likeness (QED) is 0.774. The molecule has 0 aliphatic carbocycles. The van der Waals surface area contributed by atoms with Gasteiger partial charge in [0, 0.05) is 33.3 Å². The molecule has 2 nitrogen and oxygen atoms in total. The summed E-state index contributed by atoms with van der Waals surface area (Å²) in [5.41, 5.74) is 4.91. The second kappa shape index (κ2) is 5.77. The average molecular weight is 333 g/mol. The van der Waals surface area contributed by atoms with Crippen molar-refractivity contribution >= 4 is 28.9 Å². The zero-order valence-electron chi connectivity index (χ0n) is 12.2. The molecule has 1 fully saturated rings. The molecule has 0 aromatic heterocycles. The van der Waals surface area contributed by atoms with Gasteiger partial charge in [0.05, 0.1) is 0 Å². The maximum Gasteiger partial charge on any atom is 0.0485 e. The molecule has 2 aliphatic heterocycles. The predicted molar refractivity (Wildman–Crippen MR) is 94.2 cm³/mol. The Labute approximate surface area is 140 Å². The van der Waals surface area contributed by atoms with Crippen LogP contribution in [-0.4, -0.2) is 19.1 Å². The maximum absolute atomic E-state index is 6.45. The van der Waals surface area contributed by atoms with E-state index in [1.165, 1.54) is 16.8 Å². The number of nitrogens with one attached hydrogen (secondary N) is 2. The van der Waals surface area contributed by atoms with E-state index in [0.717, 1.165) is 41.5 Å². The van der Waals surface area contributed by atoms with Crippen LogP contribution in [0.1, 0.15) is 24.3 Å². The summed E-state index contributed by atoms with van der Waals surface area (Å²) in [4.78, 5) is 0. The van der Waals surface area contributed by atoms with Crippen molar-refractivity contribution in [1.82, 2.24) is 5.32 Å². The number of hydrogen-bond donors (Lipinski definition) is 2. The molecule has 0 bridgehead atoms. The molecule has 2 N–H and O–H groups in total. The van der Waals surface area contributed by atoms with Gasteiger partial charge in [-0.1, -0.05) is 35.3 Å². The molecule has 4 heteroatoms. The topological polar surface area (TPSA) is 24.1 Å². The normalized spacial score (nSPS) is 23.4. The SMILES string of the molecule is Clc1ccc(Cl)c(-c2cccc3c2C2CCNCCC2N3)c1. The zero-order valence-corrected chi connectivity index (χ0v) is 13.7. The first-order valence-corrected chi connectivity index (χ1v) is 8.55. The van der Waals surface area contributed by atoms with Crippen LogP contribution >= 0.6 is 23.2 Å². The van der Waals surface area contributed by atoms with E-state index in [1.54, 1.807) is 0 Å². The van der Waals surface area contributed by atoms with Gasteiger partial charge in [0.1, 0.15) is 0 Å². The summed E-state index contributed by atoms with van der Waals surface area (Å²) >= 11 is 12.6. The molecule has 114 valence electrons. The van der Waals surface area contributed by atoms with Crippen molar-refractivity contribution in [2.75, 3.05) is 18.4 Å². The Balaban J connectivity index is 1.86. The van der Waals surface area contributed by atoms with Crippen LogP contribution in [0.15, 0.2) is 36.4 Å². The molecule has 22 heavy (non-hydrogen) atoms. The first kappa shape index (κ1) is 14.4. The molecule has 4 rings (SSSR count). The Morgan fingerprint density at radius 1 is 0.955 bits per heavy atom. The summed E-state index contributed by atoms with van der Waals surface area (Å²) in [6.45, 7) is 2.15. The molecule has 0 saturated carbocycles. The van der Waals surface area contributed by atoms with E-state index in [9.17, 15) is 0 Å². The molecule has 0 radical (unpaired) electrons. The van der Waals surface area contributed by atoms with E-state index in [0.29, 0.717) is 12.0 Å². The molecule has 2 unspecified atom stereocenters. The molecule has 1 saturated heterocycles. The Morgan fingerprint density at radius 2 is 1.82 bits per heavy atom. The highest BCUT2D eigenvalue weighted by molar-refractivity contribution is 6.35. The molecule has 0 spiro atoms. The van der Waals surface area contributed by atoms with Crippen LogP contribution in [0.4, 0.5) is 5.69 Å². The lowest BCUT2D eigenvalue weighted by atomic mass is 9.86. The van der Waals surface area contributed by atoms with E-state index < -0.39 is 0 Å². The van der Waals surface area contributed by atoms with Crippen LogP contribution in [0.5, 0.6) is 0 Å². The number of halogens is 2. The lowest BCUT2D eigenvalue weighted by Crippen LogP contribution is -2.21. The lowest BCUT2D eigenvalue weighted by molar-refractivity contribution is 0.579. The molecule has 2 atom stereocenters. The fourth-order valence-electron chi connectivity index (χ4n) is 3.79. The van der Waals surface area contributed by atoms with Crippen LogP contribution in [0.3, 0.4) is 0 Å². The molecular formula is C18H18Cl2N2. The van der Waals surface area contributed by atoms with Crippen molar-refractivity contribution in [3.05, 3.63) is 52.0 Å². The first-order chi connectivity index (χ1) is 10.7. The van der Waals surface area contributed by atoms with Crippen molar-refractivity contribution in [3.8, 4) is 11.1 Å². The van der Waals surface area contributed by atoms with Crippen molar-refractivity contribution in [2.24, 2.45) is 0 Å². The highest BCUT2D eigenvalue weighted by Crippen LogP contribution is 2.46. The third kappa shape index (κ3) is 2.40. The summed E-state index contributed by atoms with van der Waals surface area (Å²) in [6, 6.07) is 12.7. The first-order valence-electron chi connectivity index (χ1n) is 7.79. The van der Waals surface area contributed by atoms with Gasteiger partial charge in [-0.25, -0.2) is 0 Å². The second-order valence-electron chi connectivity index (χ2n) is 6.08. The summed E-state index contributed by atoms with van der Waals surface area (Å²) in [5, 5.41) is 8.69. The van der Waals surface area contributed by atoms with Gasteiger partial charge in [-0.15, -0.1) is 0 Å². The molecule has 2 aromatic rings. The van der Waals surface area contributed by atoms with E-state index in [1.807, 2.05) is 18.2 Å². The van der Waals surface area contributed by atoms with Crippen LogP contribution in [0, 0.1) is 0 Å². The molecule has 0 amide bonds. The number of anilines is 1. The van der Waals surface area contributed by atoms with E-state index >= 15 is 0 Å². The van der Waals surface area contributed by atoms with Crippen LogP contribution in [0.25, 0.3) is 11.1 Å². The fourth-order valence-corrected chi connectivity index (χ4v) is 4.18. The largest absolute Gasteiger partial charge is 0.381 e. The third-order valence-corrected chi connectivity index (χ3v) is 5.35. The minimum absolute atomic E-state index is 0.518. The van der Waals surface area contributed by atoms with Crippen molar-refractivity contribution in [3.63, 3.8) is 0 Å². The Hall–Kier alpha value is -1.22. The van der Waals surface area contributed by atoms with Crippen molar-refractivity contribution < 1.29 is 0 Å². The summed E-state index contributed by atoms with van der Waals surface area (Å²) in [5.74, 6) is 0.538. The van der Waals surface area contributed by atoms with Crippen molar-refractivity contribution in [1.29, 1.82) is 0 Å². The average Bonchev–Trinajstić information content (AvgIpc) is 2.72. The number of fused-ring (bicyclic) bond motifs is 3. The molecular weight excluding hydrogens is 315 g/mol. The summed E-state index contributed by atoms with van der Waals surface area (Å²) in [6.07, 6.45) is 2.31. The minimum atomic E-state index is 0.518. The monoisotopic (exact) mass is 332 g/mol. The standard InChI is InChI=1S/C18H18Cl2N2/c19-11-4-5-15(20)14(10-11)12-2-1-3-17-18(12)13-6-8-21-9-7-16(13)22-17/h1-5,10,13,16,21-22H,6-9H2. The van der Waals surface area contributed by atoms with Crippen LogP contribution in [0.2, 0.25) is 10.0 Å². The van der Waals surface area contributed by atoms with Crippen LogP contribution in [-0.2, 0) is 0 Å². The van der Waals surface area contributed by atoms with Gasteiger partial charge in [0.25, 0.3) is 0 Å². The zero-order chi connectivity index (χ0) is 15.1. The second-order valence-corrected chi connectivity index (χ2v) is 6.92. The van der Waals surface area contributed by atoms with Gasteiger partial charge in [-0.05, 0) is 61.3 Å². The Morgan fingerprint density at radius 3 is 2.73 bits per heavy atom. The smallest absolute Gasteiger partial charge is 0.0485 e. The number of benzene rings is 2. The molecule has 2 aliphatic rings. The van der Waals surface area contributed by atoms with Gasteiger partial charge >= 0.3 is 0 Å². The Bertz CT molecular complexity index is 714. The summed E-state index contributed by atoms with van der Waals surface area (Å²) < 4.78 is 0. The van der Waals surface area contributed by atoms with Gasteiger partial charge < -0.3 is 10.6 Å². The molecule has 2 aromatic carbocycles. The highest BCUT2D eigenvalue weighted by Gasteiger charge is 2.34. The van der Waals surface area contributed by atoms with Gasteiger partial charge in [0.2, 0.25) is 0 Å².